The molecule has 0 heterocycles. The molecule has 0 aliphatic carbocycles. The van der Waals surface area contributed by atoms with Crippen molar-refractivity contribution in [2.75, 3.05) is 0 Å². The van der Waals surface area contributed by atoms with Crippen molar-refractivity contribution in [1.82, 2.24) is 0 Å². The SMILES string of the molecule is CC(C)CC(C)(N)C(N)(O)O.[Pt]. The van der Waals surface area contributed by atoms with E-state index in [2.05, 4.69) is 0 Å². The molecule has 0 aromatic carbocycles. The summed E-state index contributed by atoms with van der Waals surface area (Å²) in [6.45, 7) is 5.40. The van der Waals surface area contributed by atoms with Gasteiger partial charge in [-0.3, -0.25) is 5.73 Å². The Morgan fingerprint density at radius 3 is 1.67 bits per heavy atom. The number of aliphatic hydroxyl groups is 2. The van der Waals surface area contributed by atoms with Gasteiger partial charge in [-0.25, -0.2) is 0 Å². The molecule has 6 N–H and O–H groups in total. The minimum atomic E-state index is -2.29. The van der Waals surface area contributed by atoms with Gasteiger partial charge in [0.1, 0.15) is 0 Å². The van der Waals surface area contributed by atoms with Gasteiger partial charge in [-0.2, -0.15) is 0 Å². The van der Waals surface area contributed by atoms with E-state index in [-0.39, 0.29) is 27.0 Å². The summed E-state index contributed by atoms with van der Waals surface area (Å²) in [5.74, 6) is -2.01. The molecule has 5 heteroatoms. The van der Waals surface area contributed by atoms with Gasteiger partial charge in [0.2, 0.25) is 5.91 Å². The summed E-state index contributed by atoms with van der Waals surface area (Å²) in [4.78, 5) is 0. The molecule has 0 radical (unpaired) electrons. The van der Waals surface area contributed by atoms with Crippen LogP contribution in [0.1, 0.15) is 27.2 Å². The van der Waals surface area contributed by atoms with Gasteiger partial charge < -0.3 is 15.9 Å². The van der Waals surface area contributed by atoms with Gasteiger partial charge in [-0.15, -0.1) is 0 Å². The Kier molecular flexibility index (Phi) is 5.86. The first-order valence-corrected chi connectivity index (χ1v) is 3.69. The van der Waals surface area contributed by atoms with Gasteiger partial charge in [0.05, 0.1) is 5.54 Å². The zero-order valence-corrected chi connectivity index (χ0v) is 9.92. The Bertz CT molecular complexity index is 132. The Morgan fingerprint density at radius 2 is 1.58 bits per heavy atom. The molecule has 0 rings (SSSR count). The van der Waals surface area contributed by atoms with Crippen molar-refractivity contribution in [3.63, 3.8) is 0 Å². The first-order valence-electron chi connectivity index (χ1n) is 3.69. The van der Waals surface area contributed by atoms with Crippen molar-refractivity contribution in [2.24, 2.45) is 17.4 Å². The molecule has 0 amide bonds. The van der Waals surface area contributed by atoms with E-state index in [0.29, 0.717) is 6.42 Å². The molecular weight excluding hydrogens is 339 g/mol. The fourth-order valence-corrected chi connectivity index (χ4v) is 0.998. The average Bonchev–Trinajstić information content (AvgIpc) is 1.56. The first kappa shape index (κ1) is 15.0. The largest absolute Gasteiger partial charge is 0.352 e. The van der Waals surface area contributed by atoms with E-state index in [1.165, 1.54) is 6.92 Å². The predicted octanol–water partition coefficient (Wildman–Crippen LogP) is -0.655. The van der Waals surface area contributed by atoms with E-state index < -0.39 is 11.4 Å². The van der Waals surface area contributed by atoms with Crippen LogP contribution in [0.4, 0.5) is 0 Å². The number of rotatable bonds is 3. The second-order valence-corrected chi connectivity index (χ2v) is 3.74. The molecule has 78 valence electrons. The minimum Gasteiger partial charge on any atom is -0.352 e. The van der Waals surface area contributed by atoms with Crippen LogP contribution in [-0.4, -0.2) is 21.7 Å². The van der Waals surface area contributed by atoms with Gasteiger partial charge in [0, 0.05) is 21.1 Å². The third-order valence-electron chi connectivity index (χ3n) is 1.67. The van der Waals surface area contributed by atoms with Crippen molar-refractivity contribution in [2.45, 2.75) is 38.6 Å². The molecule has 0 aromatic rings. The quantitative estimate of drug-likeness (QED) is 0.505. The molecule has 0 fully saturated rings. The summed E-state index contributed by atoms with van der Waals surface area (Å²) >= 11 is 0. The first-order chi connectivity index (χ1) is 4.67. The van der Waals surface area contributed by atoms with Gasteiger partial charge in [0.25, 0.3) is 0 Å². The molecular formula is C7H18N2O2Pt. The summed E-state index contributed by atoms with van der Waals surface area (Å²) in [5, 5.41) is 18.0. The van der Waals surface area contributed by atoms with Crippen LogP contribution < -0.4 is 11.5 Å². The topological polar surface area (TPSA) is 92.5 Å². The predicted molar refractivity (Wildman–Crippen MR) is 43.4 cm³/mol. The molecule has 1 unspecified atom stereocenters. The van der Waals surface area contributed by atoms with Crippen molar-refractivity contribution in [1.29, 1.82) is 0 Å². The Labute approximate surface area is 87.6 Å². The van der Waals surface area contributed by atoms with Crippen molar-refractivity contribution in [3.8, 4) is 0 Å². The molecule has 4 nitrogen and oxygen atoms in total. The molecule has 0 saturated carbocycles. The van der Waals surface area contributed by atoms with E-state index >= 15 is 0 Å². The fraction of sp³-hybridized carbons (Fsp3) is 1.00. The molecule has 12 heavy (non-hydrogen) atoms. The maximum Gasteiger partial charge on any atom is 0.238 e. The van der Waals surface area contributed by atoms with Gasteiger partial charge in [0.15, 0.2) is 0 Å². The van der Waals surface area contributed by atoms with E-state index in [1.807, 2.05) is 13.8 Å². The second kappa shape index (κ2) is 4.68. The van der Waals surface area contributed by atoms with Crippen molar-refractivity contribution >= 4 is 0 Å². The molecule has 0 saturated heterocycles. The van der Waals surface area contributed by atoms with Crippen LogP contribution in [0.2, 0.25) is 0 Å². The summed E-state index contributed by atoms with van der Waals surface area (Å²) in [6, 6.07) is 0. The molecule has 0 aliphatic heterocycles. The second-order valence-electron chi connectivity index (χ2n) is 3.74. The van der Waals surface area contributed by atoms with Gasteiger partial charge in [-0.1, -0.05) is 13.8 Å². The van der Waals surface area contributed by atoms with Crippen LogP contribution >= 0.6 is 0 Å². The van der Waals surface area contributed by atoms with E-state index in [9.17, 15) is 0 Å². The third-order valence-corrected chi connectivity index (χ3v) is 1.67. The minimum absolute atomic E-state index is 0. The normalized spacial score (nSPS) is 17.0. The molecule has 1 atom stereocenters. The van der Waals surface area contributed by atoms with E-state index in [0.717, 1.165) is 0 Å². The van der Waals surface area contributed by atoms with Crippen LogP contribution in [0, 0.1) is 5.92 Å². The van der Waals surface area contributed by atoms with Crippen LogP contribution in [0.3, 0.4) is 0 Å². The monoisotopic (exact) mass is 357 g/mol. The third kappa shape index (κ3) is 4.53. The van der Waals surface area contributed by atoms with E-state index in [4.69, 9.17) is 21.7 Å². The summed E-state index contributed by atoms with van der Waals surface area (Å²) in [5.41, 5.74) is 9.47. The van der Waals surface area contributed by atoms with Gasteiger partial charge >= 0.3 is 0 Å². The standard InChI is InChI=1S/C7H18N2O2.Pt/c1-5(2)4-6(3,8)7(9,10)11;/h5,10-11H,4,8-9H2,1-3H3;. The van der Waals surface area contributed by atoms with Crippen LogP contribution in [0.25, 0.3) is 0 Å². The number of hydrogen-bond acceptors (Lipinski definition) is 4. The molecule has 0 bridgehead atoms. The van der Waals surface area contributed by atoms with E-state index in [1.54, 1.807) is 0 Å². The average molecular weight is 357 g/mol. The van der Waals surface area contributed by atoms with Crippen LogP contribution in [0.5, 0.6) is 0 Å². The van der Waals surface area contributed by atoms with Gasteiger partial charge in [-0.05, 0) is 19.3 Å². The Hall–Kier alpha value is 0.528. The zero-order chi connectivity index (χ0) is 9.28. The van der Waals surface area contributed by atoms with Crippen molar-refractivity contribution in [3.05, 3.63) is 0 Å². The summed E-state index contributed by atoms with van der Waals surface area (Å²) in [7, 11) is 0. The van der Waals surface area contributed by atoms with Crippen LogP contribution in [-0.2, 0) is 21.1 Å². The van der Waals surface area contributed by atoms with Crippen molar-refractivity contribution < 1.29 is 31.3 Å². The fourth-order valence-electron chi connectivity index (χ4n) is 0.998. The Balaban J connectivity index is 0. The smallest absolute Gasteiger partial charge is 0.238 e. The molecule has 0 aromatic heterocycles. The number of hydrogen-bond donors (Lipinski definition) is 4. The van der Waals surface area contributed by atoms with Crippen LogP contribution in [0.15, 0.2) is 0 Å². The number of nitrogens with two attached hydrogens (primary N) is 2. The summed E-state index contributed by atoms with van der Waals surface area (Å²) in [6.07, 6.45) is 0.469. The zero-order valence-electron chi connectivity index (χ0n) is 7.65. The maximum absolute atomic E-state index is 9.00. The summed E-state index contributed by atoms with van der Waals surface area (Å²) < 4.78 is 0. The molecule has 0 aliphatic rings. The Morgan fingerprint density at radius 1 is 1.25 bits per heavy atom. The maximum atomic E-state index is 9.00. The molecule has 0 spiro atoms.